The number of hydrogen-bond acceptors (Lipinski definition) is 2. The van der Waals surface area contributed by atoms with Crippen LogP contribution in [0.15, 0.2) is 54.7 Å². The van der Waals surface area contributed by atoms with Gasteiger partial charge in [0.1, 0.15) is 0 Å². The summed E-state index contributed by atoms with van der Waals surface area (Å²) >= 11 is 6.12. The van der Waals surface area contributed by atoms with Gasteiger partial charge in [-0.25, -0.2) is 0 Å². The van der Waals surface area contributed by atoms with Crippen LogP contribution in [0.4, 0.5) is 0 Å². The fourth-order valence-corrected chi connectivity index (χ4v) is 4.23. The second kappa shape index (κ2) is 8.42. The van der Waals surface area contributed by atoms with E-state index in [1.807, 2.05) is 48.1 Å². The van der Waals surface area contributed by atoms with E-state index in [1.165, 1.54) is 11.3 Å². The molecule has 150 valence electrons. The first-order valence-electron chi connectivity index (χ1n) is 10.2. The van der Waals surface area contributed by atoms with Crippen LogP contribution < -0.4 is 5.32 Å². The zero-order valence-corrected chi connectivity index (χ0v) is 17.6. The van der Waals surface area contributed by atoms with Crippen LogP contribution >= 0.6 is 11.6 Å². The lowest BCUT2D eigenvalue weighted by molar-refractivity contribution is -0.123. The molecule has 4 nitrogen and oxygen atoms in total. The maximum Gasteiger partial charge on any atom is 0.227 e. The molecule has 1 amide bonds. The summed E-state index contributed by atoms with van der Waals surface area (Å²) in [5.41, 5.74) is 5.72. The summed E-state index contributed by atoms with van der Waals surface area (Å²) in [6.45, 7) is 4.71. The topological polar surface area (TPSA) is 46.9 Å². The van der Waals surface area contributed by atoms with Crippen LogP contribution in [0.5, 0.6) is 0 Å². The molecule has 1 aliphatic rings. The molecule has 1 aliphatic carbocycles. The van der Waals surface area contributed by atoms with Gasteiger partial charge in [-0.3, -0.25) is 9.48 Å². The number of aryl methyl sites for hydroxylation is 1. The van der Waals surface area contributed by atoms with E-state index in [0.717, 1.165) is 41.0 Å². The molecule has 4 rings (SSSR count). The summed E-state index contributed by atoms with van der Waals surface area (Å²) in [4.78, 5) is 12.9. The lowest BCUT2D eigenvalue weighted by Crippen LogP contribution is -2.33. The summed E-state index contributed by atoms with van der Waals surface area (Å²) in [6, 6.07) is 16.1. The Balaban J connectivity index is 1.49. The van der Waals surface area contributed by atoms with Crippen LogP contribution in [0.3, 0.4) is 0 Å². The van der Waals surface area contributed by atoms with E-state index >= 15 is 0 Å². The van der Waals surface area contributed by atoms with Crippen molar-refractivity contribution in [1.82, 2.24) is 15.1 Å². The normalized spacial score (nSPS) is 16.9. The number of carbonyl (C=O) groups is 1. The molecule has 3 aromatic rings. The lowest BCUT2D eigenvalue weighted by atomic mass is 9.91. The third-order valence-electron chi connectivity index (χ3n) is 5.77. The van der Waals surface area contributed by atoms with Crippen LogP contribution in [-0.2, 0) is 17.8 Å². The van der Waals surface area contributed by atoms with Crippen molar-refractivity contribution in [3.05, 3.63) is 87.7 Å². The Hall–Kier alpha value is -2.59. The number of fused-ring (bicyclic) bond motifs is 1. The molecule has 0 spiro atoms. The minimum absolute atomic E-state index is 0.0206. The van der Waals surface area contributed by atoms with Crippen LogP contribution in [0.2, 0.25) is 5.02 Å². The molecule has 2 aromatic carbocycles. The first kappa shape index (κ1) is 19.7. The first-order chi connectivity index (χ1) is 14.0. The SMILES string of the molecule is Cc1ccc(C(C)C(=O)NC2CCCc3c2cnn3Cc2cccc(Cl)c2)cc1. The number of rotatable bonds is 5. The van der Waals surface area contributed by atoms with Crippen molar-refractivity contribution in [2.24, 2.45) is 0 Å². The molecule has 0 saturated carbocycles. The highest BCUT2D eigenvalue weighted by atomic mass is 35.5. The van der Waals surface area contributed by atoms with Gasteiger partial charge in [-0.1, -0.05) is 53.6 Å². The Morgan fingerprint density at radius 2 is 2.07 bits per heavy atom. The largest absolute Gasteiger partial charge is 0.349 e. The Bertz CT molecular complexity index is 1010. The van der Waals surface area contributed by atoms with Crippen LogP contribution in [0.1, 0.15) is 59.7 Å². The number of amides is 1. The van der Waals surface area contributed by atoms with Gasteiger partial charge in [0.2, 0.25) is 5.91 Å². The van der Waals surface area contributed by atoms with E-state index in [2.05, 4.69) is 35.5 Å². The van der Waals surface area contributed by atoms with E-state index in [-0.39, 0.29) is 17.9 Å². The number of carbonyl (C=O) groups excluding carboxylic acids is 1. The van der Waals surface area contributed by atoms with Gasteiger partial charge in [-0.05, 0) is 56.4 Å². The highest BCUT2D eigenvalue weighted by molar-refractivity contribution is 6.30. The van der Waals surface area contributed by atoms with Gasteiger partial charge in [0.25, 0.3) is 0 Å². The van der Waals surface area contributed by atoms with Gasteiger partial charge in [0, 0.05) is 16.3 Å². The molecule has 0 radical (unpaired) electrons. The van der Waals surface area contributed by atoms with Gasteiger partial charge in [0.05, 0.1) is 24.7 Å². The fraction of sp³-hybridized carbons (Fsp3) is 0.333. The van der Waals surface area contributed by atoms with Crippen molar-refractivity contribution in [2.45, 2.75) is 51.6 Å². The zero-order valence-electron chi connectivity index (χ0n) is 16.9. The Kier molecular flexibility index (Phi) is 5.72. The van der Waals surface area contributed by atoms with E-state index in [0.29, 0.717) is 6.54 Å². The second-order valence-corrected chi connectivity index (χ2v) is 8.36. The number of benzene rings is 2. The summed E-state index contributed by atoms with van der Waals surface area (Å²) in [6.07, 6.45) is 4.89. The molecule has 0 fully saturated rings. The van der Waals surface area contributed by atoms with Crippen molar-refractivity contribution in [1.29, 1.82) is 0 Å². The van der Waals surface area contributed by atoms with Crippen molar-refractivity contribution in [3.8, 4) is 0 Å². The number of aromatic nitrogens is 2. The molecule has 2 unspecified atom stereocenters. The molecule has 29 heavy (non-hydrogen) atoms. The molecule has 0 saturated heterocycles. The highest BCUT2D eigenvalue weighted by Crippen LogP contribution is 2.31. The summed E-state index contributed by atoms with van der Waals surface area (Å²) in [7, 11) is 0. The highest BCUT2D eigenvalue weighted by Gasteiger charge is 2.27. The standard InChI is InChI=1S/C24H26ClN3O/c1-16-9-11-19(12-10-16)17(2)24(29)27-22-7-4-8-23-21(22)14-26-28(23)15-18-5-3-6-20(25)13-18/h3,5-6,9-14,17,22H,4,7-8,15H2,1-2H3,(H,27,29). The predicted octanol–water partition coefficient (Wildman–Crippen LogP) is 5.19. The van der Waals surface area contributed by atoms with Crippen LogP contribution in [0, 0.1) is 6.92 Å². The van der Waals surface area contributed by atoms with E-state index in [9.17, 15) is 4.79 Å². The first-order valence-corrected chi connectivity index (χ1v) is 10.5. The molecule has 1 heterocycles. The van der Waals surface area contributed by atoms with Gasteiger partial charge in [-0.2, -0.15) is 5.10 Å². The number of hydrogen-bond donors (Lipinski definition) is 1. The predicted molar refractivity (Wildman–Crippen MR) is 116 cm³/mol. The van der Waals surface area contributed by atoms with E-state index < -0.39 is 0 Å². The van der Waals surface area contributed by atoms with E-state index in [1.54, 1.807) is 0 Å². The molecule has 5 heteroatoms. The average molecular weight is 408 g/mol. The zero-order chi connectivity index (χ0) is 20.4. The Morgan fingerprint density at radius 1 is 1.28 bits per heavy atom. The van der Waals surface area contributed by atoms with Crippen LogP contribution in [-0.4, -0.2) is 15.7 Å². The third-order valence-corrected chi connectivity index (χ3v) is 6.01. The summed E-state index contributed by atoms with van der Waals surface area (Å²) in [5.74, 6) is -0.114. The molecular formula is C24H26ClN3O. The quantitative estimate of drug-likeness (QED) is 0.632. The maximum absolute atomic E-state index is 12.9. The fourth-order valence-electron chi connectivity index (χ4n) is 4.02. The lowest BCUT2D eigenvalue weighted by Gasteiger charge is -2.26. The number of halogens is 1. The number of nitrogens with one attached hydrogen (secondary N) is 1. The molecule has 0 bridgehead atoms. The van der Waals surface area contributed by atoms with Gasteiger partial charge in [0.15, 0.2) is 0 Å². The summed E-state index contributed by atoms with van der Waals surface area (Å²) < 4.78 is 2.04. The summed E-state index contributed by atoms with van der Waals surface area (Å²) in [5, 5.41) is 8.61. The minimum Gasteiger partial charge on any atom is -0.349 e. The van der Waals surface area contributed by atoms with Crippen LogP contribution in [0.25, 0.3) is 0 Å². The van der Waals surface area contributed by atoms with Gasteiger partial charge < -0.3 is 5.32 Å². The Morgan fingerprint density at radius 3 is 2.83 bits per heavy atom. The molecule has 0 aliphatic heterocycles. The molecular weight excluding hydrogens is 382 g/mol. The molecule has 2 atom stereocenters. The smallest absolute Gasteiger partial charge is 0.227 e. The molecule has 1 aromatic heterocycles. The third kappa shape index (κ3) is 4.38. The molecule has 1 N–H and O–H groups in total. The minimum atomic E-state index is -0.178. The second-order valence-electron chi connectivity index (χ2n) is 7.92. The van der Waals surface area contributed by atoms with Gasteiger partial charge >= 0.3 is 0 Å². The number of nitrogens with zero attached hydrogens (tertiary/aromatic N) is 2. The van der Waals surface area contributed by atoms with E-state index in [4.69, 9.17) is 11.6 Å². The van der Waals surface area contributed by atoms with Crippen molar-refractivity contribution >= 4 is 17.5 Å². The monoisotopic (exact) mass is 407 g/mol. The Labute approximate surface area is 176 Å². The van der Waals surface area contributed by atoms with Crippen molar-refractivity contribution < 1.29 is 4.79 Å². The average Bonchev–Trinajstić information content (AvgIpc) is 3.12. The maximum atomic E-state index is 12.9. The van der Waals surface area contributed by atoms with Crippen molar-refractivity contribution in [2.75, 3.05) is 0 Å². The van der Waals surface area contributed by atoms with Gasteiger partial charge in [-0.15, -0.1) is 0 Å². The van der Waals surface area contributed by atoms with Crippen molar-refractivity contribution in [3.63, 3.8) is 0 Å².